The van der Waals surface area contributed by atoms with E-state index in [4.69, 9.17) is 25.3 Å². The van der Waals surface area contributed by atoms with Crippen LogP contribution in [0.1, 0.15) is 88.0 Å². The number of hydrogen-bond donors (Lipinski definition) is 3. The van der Waals surface area contributed by atoms with E-state index in [1.165, 1.54) is 33.6 Å². The molecular formula is C20H47NO5. The Labute approximate surface area is 163 Å². The molecule has 6 nitrogen and oxygen atoms in total. The predicted octanol–water partition coefficient (Wildman–Crippen LogP) is 4.11. The summed E-state index contributed by atoms with van der Waals surface area (Å²) >= 11 is 0. The summed E-state index contributed by atoms with van der Waals surface area (Å²) in [5, 5.41) is 31.0. The molecule has 0 saturated carbocycles. The van der Waals surface area contributed by atoms with Gasteiger partial charge in [-0.25, -0.2) is 0 Å². The van der Waals surface area contributed by atoms with E-state index in [-0.39, 0.29) is 18.5 Å². The van der Waals surface area contributed by atoms with E-state index in [0.29, 0.717) is 6.61 Å². The van der Waals surface area contributed by atoms with Crippen LogP contribution in [0.2, 0.25) is 0 Å². The van der Waals surface area contributed by atoms with Crippen molar-refractivity contribution in [3.63, 3.8) is 0 Å². The van der Waals surface area contributed by atoms with Crippen LogP contribution in [0.4, 0.5) is 0 Å². The summed E-state index contributed by atoms with van der Waals surface area (Å²) in [7, 11) is 0. The van der Waals surface area contributed by atoms with E-state index in [0.717, 1.165) is 26.1 Å². The lowest BCUT2D eigenvalue weighted by molar-refractivity contribution is -0.115. The molecule has 1 aliphatic rings. The standard InChI is InChI=1S/C4H8O.C4H10O.C3H8O.C3H6O.C2H3N.C2H6O.C2H6/c1-2-4-5-3-1;1-2-3-4-5;2*1-3(2)4;2*1-2-3;1-2/h1-4H2;5H,2-4H2,1H3;3-4H,1-2H3;1-2H3;1H3;3H,2H2,1H3;1-2H3. The lowest BCUT2D eigenvalue weighted by Crippen LogP contribution is -1.85. The quantitative estimate of drug-likeness (QED) is 0.663. The van der Waals surface area contributed by atoms with Crippen LogP contribution in [-0.2, 0) is 9.53 Å². The monoisotopic (exact) mass is 381 g/mol. The normalized spacial score (nSPS) is 9.85. The molecule has 1 fully saturated rings. The van der Waals surface area contributed by atoms with E-state index in [1.54, 1.807) is 26.8 Å². The highest BCUT2D eigenvalue weighted by molar-refractivity contribution is 5.72. The lowest BCUT2D eigenvalue weighted by Gasteiger charge is -1.80. The van der Waals surface area contributed by atoms with Crippen molar-refractivity contribution in [3.05, 3.63) is 0 Å². The van der Waals surface area contributed by atoms with E-state index in [9.17, 15) is 4.79 Å². The highest BCUT2D eigenvalue weighted by Crippen LogP contribution is 1.98. The van der Waals surface area contributed by atoms with Crippen molar-refractivity contribution < 1.29 is 24.9 Å². The third-order valence-corrected chi connectivity index (χ3v) is 1.34. The molecule has 26 heavy (non-hydrogen) atoms. The number of nitriles is 1. The first-order valence-electron chi connectivity index (χ1n) is 9.46. The van der Waals surface area contributed by atoms with Crippen LogP contribution < -0.4 is 0 Å². The van der Waals surface area contributed by atoms with Gasteiger partial charge >= 0.3 is 0 Å². The summed E-state index contributed by atoms with van der Waals surface area (Å²) in [6, 6.07) is 1.75. The largest absolute Gasteiger partial charge is 0.397 e. The first-order valence-corrected chi connectivity index (χ1v) is 9.46. The zero-order chi connectivity index (χ0) is 22.2. The van der Waals surface area contributed by atoms with Gasteiger partial charge in [-0.3, -0.25) is 0 Å². The van der Waals surface area contributed by atoms with Gasteiger partial charge in [0.05, 0.1) is 6.07 Å². The summed E-state index contributed by atoms with van der Waals surface area (Å²) < 4.78 is 4.94. The summed E-state index contributed by atoms with van der Waals surface area (Å²) in [6.07, 6.45) is 4.43. The van der Waals surface area contributed by atoms with Gasteiger partial charge in [-0.2, -0.15) is 5.26 Å². The zero-order valence-corrected chi connectivity index (χ0v) is 18.8. The first kappa shape index (κ1) is 39.9. The van der Waals surface area contributed by atoms with E-state index >= 15 is 0 Å². The number of Topliss-reactive ketones (excluding diaryl/α,β-unsaturated/α-hetero) is 1. The van der Waals surface area contributed by atoms with Crippen LogP contribution in [-0.4, -0.2) is 53.6 Å². The maximum Gasteiger partial charge on any atom is 0.126 e. The topological polar surface area (TPSA) is 111 Å². The minimum atomic E-state index is -0.167. The van der Waals surface area contributed by atoms with Crippen LogP contribution in [0.15, 0.2) is 0 Å². The molecule has 0 atom stereocenters. The highest BCUT2D eigenvalue weighted by Gasteiger charge is 1.94. The second kappa shape index (κ2) is 56.4. The molecule has 1 rings (SSSR count). The fraction of sp³-hybridized carbons (Fsp3) is 0.900. The molecule has 1 aliphatic heterocycles. The van der Waals surface area contributed by atoms with Crippen molar-refractivity contribution in [1.29, 1.82) is 5.26 Å². The minimum Gasteiger partial charge on any atom is -0.397 e. The molecule has 0 aromatic rings. The Morgan fingerprint density at radius 3 is 1.38 bits per heavy atom. The molecule has 1 heterocycles. The summed E-state index contributed by atoms with van der Waals surface area (Å²) in [5.74, 6) is 0.167. The number of ether oxygens (including phenoxy) is 1. The third kappa shape index (κ3) is 309. The van der Waals surface area contributed by atoms with Crippen LogP contribution in [0.3, 0.4) is 0 Å². The van der Waals surface area contributed by atoms with E-state index in [2.05, 4.69) is 6.92 Å². The summed E-state index contributed by atoms with van der Waals surface area (Å²) in [6.45, 7) is 18.3. The molecule has 0 unspecified atom stereocenters. The number of carbonyl (C=O) groups excluding carboxylic acids is 1. The van der Waals surface area contributed by atoms with Crippen LogP contribution >= 0.6 is 0 Å². The maximum absolute atomic E-state index is 9.44. The van der Waals surface area contributed by atoms with Crippen molar-refractivity contribution in [2.24, 2.45) is 0 Å². The Morgan fingerprint density at radius 2 is 1.35 bits per heavy atom. The van der Waals surface area contributed by atoms with Gasteiger partial charge < -0.3 is 24.9 Å². The second-order valence-corrected chi connectivity index (χ2v) is 4.94. The molecule has 0 aromatic carbocycles. The number of aliphatic hydroxyl groups is 3. The molecule has 6 heteroatoms. The van der Waals surface area contributed by atoms with Gasteiger partial charge in [0.1, 0.15) is 5.78 Å². The average molecular weight is 382 g/mol. The van der Waals surface area contributed by atoms with Crippen molar-refractivity contribution in [1.82, 2.24) is 0 Å². The Balaban J connectivity index is -0.0000000458. The van der Waals surface area contributed by atoms with E-state index < -0.39 is 0 Å². The molecule has 162 valence electrons. The molecule has 0 radical (unpaired) electrons. The van der Waals surface area contributed by atoms with Crippen molar-refractivity contribution in [3.8, 4) is 6.07 Å². The molecule has 0 aromatic heterocycles. The Kier molecular flexibility index (Phi) is 86.6. The number of hydrogen-bond acceptors (Lipinski definition) is 6. The zero-order valence-electron chi connectivity index (χ0n) is 18.8. The fourth-order valence-corrected chi connectivity index (χ4v) is 0.668. The van der Waals surface area contributed by atoms with Crippen LogP contribution in [0, 0.1) is 11.3 Å². The SMILES string of the molecule is C1CCOC1.CC.CC#N.CC(C)=O.CC(C)O.CCCCO.CCO. The van der Waals surface area contributed by atoms with E-state index in [1.807, 2.05) is 13.8 Å². The number of rotatable bonds is 2. The smallest absolute Gasteiger partial charge is 0.126 e. The van der Waals surface area contributed by atoms with Gasteiger partial charge in [-0.15, -0.1) is 0 Å². The van der Waals surface area contributed by atoms with Crippen molar-refractivity contribution in [2.75, 3.05) is 26.4 Å². The molecule has 0 bridgehead atoms. The predicted molar refractivity (Wildman–Crippen MR) is 111 cm³/mol. The van der Waals surface area contributed by atoms with Gasteiger partial charge in [-0.1, -0.05) is 27.2 Å². The number of aliphatic hydroxyl groups excluding tert-OH is 3. The molecule has 0 amide bonds. The average Bonchev–Trinajstić information content (AvgIpc) is 3.10. The van der Waals surface area contributed by atoms with Gasteiger partial charge in [0.25, 0.3) is 0 Å². The molecule has 0 aliphatic carbocycles. The Bertz CT molecular complexity index is 208. The van der Waals surface area contributed by atoms with Gasteiger partial charge in [-0.05, 0) is 53.9 Å². The molecule has 0 spiro atoms. The number of nitrogens with zero attached hydrogens (tertiary/aromatic N) is 1. The Morgan fingerprint density at radius 1 is 1.12 bits per heavy atom. The lowest BCUT2D eigenvalue weighted by atomic mass is 10.4. The number of unbranched alkanes of at least 4 members (excludes halogenated alkanes) is 1. The minimum absolute atomic E-state index is 0.167. The van der Waals surface area contributed by atoms with Gasteiger partial charge in [0.2, 0.25) is 0 Å². The molecule has 1 saturated heterocycles. The Hall–Kier alpha value is -1.00. The van der Waals surface area contributed by atoms with Crippen LogP contribution in [0.25, 0.3) is 0 Å². The first-order chi connectivity index (χ1) is 12.2. The maximum atomic E-state index is 9.44. The summed E-state index contributed by atoms with van der Waals surface area (Å²) in [5.41, 5.74) is 0. The second-order valence-electron chi connectivity index (χ2n) is 4.94. The van der Waals surface area contributed by atoms with Crippen LogP contribution in [0.5, 0.6) is 0 Å². The number of carbonyl (C=O) groups is 1. The van der Waals surface area contributed by atoms with Gasteiger partial charge in [0.15, 0.2) is 0 Å². The highest BCUT2D eigenvalue weighted by atomic mass is 16.5. The van der Waals surface area contributed by atoms with Crippen molar-refractivity contribution in [2.45, 2.75) is 94.1 Å². The van der Waals surface area contributed by atoms with Crippen molar-refractivity contribution >= 4 is 5.78 Å². The van der Waals surface area contributed by atoms with Gasteiger partial charge in [0, 0.05) is 39.5 Å². The third-order valence-electron chi connectivity index (χ3n) is 1.34. The number of ketones is 1. The molecular weight excluding hydrogens is 334 g/mol. The fourth-order valence-electron chi connectivity index (χ4n) is 0.668. The molecule has 3 N–H and O–H groups in total. The summed E-state index contributed by atoms with van der Waals surface area (Å²) in [4.78, 5) is 9.44.